The summed E-state index contributed by atoms with van der Waals surface area (Å²) in [5.74, 6) is 2.21. The average Bonchev–Trinajstić information content (AvgIpc) is 3.46. The lowest BCUT2D eigenvalue weighted by atomic mass is 9.85. The zero-order valence-electron chi connectivity index (χ0n) is 24.5. The predicted molar refractivity (Wildman–Crippen MR) is 157 cm³/mol. The summed E-state index contributed by atoms with van der Waals surface area (Å²) in [6.45, 7) is 3.08. The fourth-order valence-electron chi connectivity index (χ4n) is 5.98. The number of aromatic nitrogens is 6. The van der Waals surface area contributed by atoms with Crippen molar-refractivity contribution in [1.29, 1.82) is 0 Å². The molecular weight excluding hydrogens is 589 g/mol. The van der Waals surface area contributed by atoms with Crippen LogP contribution in [0.25, 0.3) is 0 Å². The molecule has 1 aliphatic carbocycles. The molecule has 0 radical (unpaired) electrons. The van der Waals surface area contributed by atoms with E-state index in [0.717, 1.165) is 67.9 Å². The number of anilines is 2. The molecule has 14 heteroatoms. The molecule has 3 aromatic heterocycles. The highest BCUT2D eigenvalue weighted by Crippen LogP contribution is 2.38. The number of fused-ring (bicyclic) bond motifs is 1. The third kappa shape index (κ3) is 6.65. The summed E-state index contributed by atoms with van der Waals surface area (Å²) in [5.41, 5.74) is 1.08. The van der Waals surface area contributed by atoms with E-state index >= 15 is 0 Å². The highest BCUT2D eigenvalue weighted by Gasteiger charge is 2.38. The highest BCUT2D eigenvalue weighted by molar-refractivity contribution is 5.46. The molecule has 4 aromatic rings. The van der Waals surface area contributed by atoms with E-state index < -0.39 is 23.7 Å². The minimum Gasteiger partial charge on any atom is -0.473 e. The molecule has 2 fully saturated rings. The van der Waals surface area contributed by atoms with Crippen LogP contribution >= 0.6 is 0 Å². The Morgan fingerprint density at radius 2 is 1.84 bits per heavy atom. The Balaban J connectivity index is 0.977. The lowest BCUT2D eigenvalue weighted by molar-refractivity contribution is -0.142. The molecule has 1 N–H and O–H groups in total. The van der Waals surface area contributed by atoms with Gasteiger partial charge < -0.3 is 29.0 Å². The van der Waals surface area contributed by atoms with Crippen molar-refractivity contribution in [2.24, 2.45) is 0 Å². The van der Waals surface area contributed by atoms with Crippen LogP contribution in [0.3, 0.4) is 0 Å². The zero-order chi connectivity index (χ0) is 30.8. The van der Waals surface area contributed by atoms with Gasteiger partial charge in [0.1, 0.15) is 24.1 Å². The van der Waals surface area contributed by atoms with E-state index in [-0.39, 0.29) is 31.1 Å². The number of benzene rings is 1. The van der Waals surface area contributed by atoms with Crippen LogP contribution < -0.4 is 19.7 Å². The third-order valence-electron chi connectivity index (χ3n) is 8.41. The van der Waals surface area contributed by atoms with Crippen molar-refractivity contribution in [2.45, 2.75) is 69.6 Å². The van der Waals surface area contributed by atoms with Gasteiger partial charge >= 0.3 is 6.18 Å². The van der Waals surface area contributed by atoms with Crippen LogP contribution in [0.2, 0.25) is 0 Å². The van der Waals surface area contributed by atoms with Crippen molar-refractivity contribution < 1.29 is 27.4 Å². The second kappa shape index (κ2) is 12.5. The monoisotopic (exact) mass is 622 g/mol. The van der Waals surface area contributed by atoms with Crippen molar-refractivity contribution >= 4 is 11.6 Å². The Labute approximate surface area is 257 Å². The van der Waals surface area contributed by atoms with Crippen molar-refractivity contribution in [1.82, 2.24) is 29.7 Å². The first-order valence-corrected chi connectivity index (χ1v) is 15.1. The second-order valence-corrected chi connectivity index (χ2v) is 11.6. The maximum atomic E-state index is 13.5. The van der Waals surface area contributed by atoms with Gasteiger partial charge in [-0.05, 0) is 30.9 Å². The number of hydrogen-bond donors (Lipinski definition) is 1. The van der Waals surface area contributed by atoms with E-state index in [1.54, 1.807) is 0 Å². The Bertz CT molecular complexity index is 1600. The average molecular weight is 623 g/mol. The van der Waals surface area contributed by atoms with Crippen LogP contribution in [0.4, 0.5) is 24.8 Å². The minimum atomic E-state index is -4.62. The summed E-state index contributed by atoms with van der Waals surface area (Å²) in [6.07, 6.45) is 1.03. The topological polar surface area (TPSA) is 112 Å². The predicted octanol–water partition coefficient (Wildman–Crippen LogP) is 5.00. The van der Waals surface area contributed by atoms with Crippen LogP contribution in [0.1, 0.15) is 54.4 Å². The molecule has 45 heavy (non-hydrogen) atoms. The number of pyridine rings is 1. The van der Waals surface area contributed by atoms with Gasteiger partial charge in [-0.3, -0.25) is 0 Å². The van der Waals surface area contributed by atoms with Gasteiger partial charge in [0.25, 0.3) is 0 Å². The molecule has 5 heterocycles. The molecule has 11 nitrogen and oxygen atoms in total. The first kappa shape index (κ1) is 29.3. The van der Waals surface area contributed by atoms with Gasteiger partial charge in [0, 0.05) is 37.3 Å². The fraction of sp³-hybridized carbons (Fsp3) is 0.452. The molecule has 1 saturated carbocycles. The van der Waals surface area contributed by atoms with Gasteiger partial charge in [-0.15, -0.1) is 10.2 Å². The molecule has 7 rings (SSSR count). The van der Waals surface area contributed by atoms with Gasteiger partial charge in [-0.25, -0.2) is 9.97 Å². The van der Waals surface area contributed by atoms with Crippen molar-refractivity contribution in [2.75, 3.05) is 30.0 Å². The zero-order valence-corrected chi connectivity index (χ0v) is 24.5. The maximum absolute atomic E-state index is 13.5. The normalized spacial score (nSPS) is 20.3. The number of halogens is 3. The molecule has 0 amide bonds. The molecule has 236 valence electrons. The van der Waals surface area contributed by atoms with Crippen LogP contribution in [-0.4, -0.2) is 61.6 Å². The summed E-state index contributed by atoms with van der Waals surface area (Å²) in [5, 5.41) is 12.4. The number of alkyl halides is 3. The summed E-state index contributed by atoms with van der Waals surface area (Å²) < 4.78 is 59.2. The highest BCUT2D eigenvalue weighted by atomic mass is 19.4. The molecule has 1 saturated heterocycles. The van der Waals surface area contributed by atoms with Crippen LogP contribution in [0.15, 0.2) is 54.9 Å². The van der Waals surface area contributed by atoms with Crippen molar-refractivity contribution in [3.63, 3.8) is 0 Å². The number of nitrogens with one attached hydrogen (secondary N) is 1. The summed E-state index contributed by atoms with van der Waals surface area (Å²) >= 11 is 0. The van der Waals surface area contributed by atoms with Crippen molar-refractivity contribution in [3.8, 4) is 11.8 Å². The Kier molecular flexibility index (Phi) is 8.13. The van der Waals surface area contributed by atoms with E-state index in [1.165, 1.54) is 0 Å². The molecule has 3 aliphatic rings. The minimum absolute atomic E-state index is 0.0258. The lowest BCUT2D eigenvalue weighted by Crippen LogP contribution is -2.39. The summed E-state index contributed by atoms with van der Waals surface area (Å²) in [6, 6.07) is 13.8. The first-order chi connectivity index (χ1) is 21.9. The Morgan fingerprint density at radius 3 is 2.60 bits per heavy atom. The van der Waals surface area contributed by atoms with Crippen LogP contribution in [0, 0.1) is 0 Å². The molecule has 0 spiro atoms. The van der Waals surface area contributed by atoms with Crippen LogP contribution in [-0.2, 0) is 30.6 Å². The fourth-order valence-corrected chi connectivity index (χ4v) is 5.98. The molecule has 2 atom stereocenters. The molecular formula is C31H33F3N8O3. The van der Waals surface area contributed by atoms with E-state index in [1.807, 2.05) is 48.7 Å². The van der Waals surface area contributed by atoms with Crippen LogP contribution in [0.5, 0.6) is 11.8 Å². The number of rotatable bonds is 9. The van der Waals surface area contributed by atoms with Gasteiger partial charge in [-0.2, -0.15) is 18.2 Å². The SMILES string of the molecule is FC(F)(F)c1cnc(N[C@@H]2CCC[C@H](c3nnc4n3CCN(c3ccc(OCc5ccccc5)nc3)C4)C2)nc1OC1COC1. The van der Waals surface area contributed by atoms with E-state index in [9.17, 15) is 13.2 Å². The number of hydrogen-bond acceptors (Lipinski definition) is 10. The quantitative estimate of drug-likeness (QED) is 0.274. The smallest absolute Gasteiger partial charge is 0.423 e. The third-order valence-corrected chi connectivity index (χ3v) is 8.41. The largest absolute Gasteiger partial charge is 0.473 e. The van der Waals surface area contributed by atoms with Gasteiger partial charge in [0.15, 0.2) is 5.82 Å². The summed E-state index contributed by atoms with van der Waals surface area (Å²) in [4.78, 5) is 14.8. The molecule has 0 unspecified atom stereocenters. The van der Waals surface area contributed by atoms with E-state index in [2.05, 4.69) is 39.9 Å². The van der Waals surface area contributed by atoms with E-state index in [4.69, 9.17) is 14.2 Å². The first-order valence-electron chi connectivity index (χ1n) is 15.1. The summed E-state index contributed by atoms with van der Waals surface area (Å²) in [7, 11) is 0. The molecule has 2 aliphatic heterocycles. The second-order valence-electron chi connectivity index (χ2n) is 11.6. The van der Waals surface area contributed by atoms with Gasteiger partial charge in [0.05, 0.1) is 31.6 Å². The Morgan fingerprint density at radius 1 is 0.978 bits per heavy atom. The number of ether oxygens (including phenoxy) is 3. The molecule has 0 bridgehead atoms. The van der Waals surface area contributed by atoms with Gasteiger partial charge in [-0.1, -0.05) is 36.8 Å². The molecule has 1 aromatic carbocycles. The van der Waals surface area contributed by atoms with Crippen molar-refractivity contribution in [3.05, 3.63) is 77.6 Å². The van der Waals surface area contributed by atoms with E-state index in [0.29, 0.717) is 19.0 Å². The maximum Gasteiger partial charge on any atom is 0.423 e. The standard InChI is InChI=1S/C31H33F3N8O3/c32-31(33,34)25-15-36-30(38-29(25)45-24-18-43-19-24)37-22-8-4-7-21(13-22)28-40-39-26-16-41(11-12-42(26)28)23-9-10-27(35-14-23)44-17-20-5-2-1-3-6-20/h1-3,5-6,9-10,14-15,21-22,24H,4,7-8,11-13,16-19H2,(H,36,37,38)/t21-,22+/m0/s1. The van der Waals surface area contributed by atoms with Gasteiger partial charge in [0.2, 0.25) is 17.7 Å². The number of nitrogens with zero attached hydrogens (tertiary/aromatic N) is 7. The Hall–Kier alpha value is -4.46. The lowest BCUT2D eigenvalue weighted by Gasteiger charge is -2.32.